The number of hydrogen-bond donors (Lipinski definition) is 1. The zero-order chi connectivity index (χ0) is 13.8. The van der Waals surface area contributed by atoms with Crippen LogP contribution in [-0.4, -0.2) is 16.7 Å². The minimum Gasteiger partial charge on any atom is -0.444 e. The fraction of sp³-hybridized carbons (Fsp3) is 0.571. The van der Waals surface area contributed by atoms with Gasteiger partial charge in [-0.3, -0.25) is 4.98 Å². The van der Waals surface area contributed by atoms with Gasteiger partial charge in [-0.2, -0.15) is 0 Å². The largest absolute Gasteiger partial charge is 0.444 e. The maximum Gasteiger partial charge on any atom is 0.407 e. The van der Waals surface area contributed by atoms with E-state index >= 15 is 0 Å². The molecule has 1 amide bonds. The van der Waals surface area contributed by atoms with E-state index in [0.29, 0.717) is 12.5 Å². The second kappa shape index (κ2) is 5.85. The number of alkyl carbamates (subject to hydrolysis) is 1. The molecule has 0 aliphatic rings. The fourth-order valence-corrected chi connectivity index (χ4v) is 1.59. The zero-order valence-electron chi connectivity index (χ0n) is 11.8. The Morgan fingerprint density at radius 1 is 1.44 bits per heavy atom. The van der Waals surface area contributed by atoms with E-state index in [0.717, 1.165) is 11.3 Å². The third-order valence-electron chi connectivity index (χ3n) is 2.35. The van der Waals surface area contributed by atoms with Gasteiger partial charge in [0.25, 0.3) is 0 Å². The molecule has 1 N–H and O–H groups in total. The predicted octanol–water partition coefficient (Wildman–Crippen LogP) is 3.23. The first-order chi connectivity index (χ1) is 8.29. The number of nitrogens with zero attached hydrogens (tertiary/aromatic N) is 1. The van der Waals surface area contributed by atoms with Gasteiger partial charge in [0.15, 0.2) is 0 Å². The highest BCUT2D eigenvalue weighted by Crippen LogP contribution is 2.17. The van der Waals surface area contributed by atoms with E-state index in [-0.39, 0.29) is 0 Å². The van der Waals surface area contributed by atoms with Crippen LogP contribution in [0.5, 0.6) is 0 Å². The number of carbonyl (C=O) groups is 1. The third kappa shape index (κ3) is 4.73. The zero-order valence-corrected chi connectivity index (χ0v) is 11.8. The molecule has 0 saturated carbocycles. The molecule has 0 aliphatic carbocycles. The van der Waals surface area contributed by atoms with Gasteiger partial charge in [0, 0.05) is 6.20 Å². The Kier molecular flexibility index (Phi) is 4.70. The van der Waals surface area contributed by atoms with Crippen LogP contribution in [0.4, 0.5) is 4.79 Å². The SMILES string of the molecule is CC(C)c1cccnc1CNC(=O)OC(C)(C)C. The maximum atomic E-state index is 11.6. The summed E-state index contributed by atoms with van der Waals surface area (Å²) in [6, 6.07) is 3.94. The molecule has 0 aromatic carbocycles. The van der Waals surface area contributed by atoms with Gasteiger partial charge < -0.3 is 10.1 Å². The highest BCUT2D eigenvalue weighted by molar-refractivity contribution is 5.67. The highest BCUT2D eigenvalue weighted by Gasteiger charge is 2.16. The van der Waals surface area contributed by atoms with E-state index in [4.69, 9.17) is 4.74 Å². The predicted molar refractivity (Wildman–Crippen MR) is 71.4 cm³/mol. The molecule has 0 saturated heterocycles. The molecular weight excluding hydrogens is 228 g/mol. The van der Waals surface area contributed by atoms with Gasteiger partial charge in [-0.05, 0) is 38.3 Å². The van der Waals surface area contributed by atoms with Crippen molar-refractivity contribution in [3.05, 3.63) is 29.6 Å². The molecule has 100 valence electrons. The third-order valence-corrected chi connectivity index (χ3v) is 2.35. The minimum absolute atomic E-state index is 0.383. The van der Waals surface area contributed by atoms with Gasteiger partial charge in [0.2, 0.25) is 0 Å². The lowest BCUT2D eigenvalue weighted by Gasteiger charge is -2.20. The Morgan fingerprint density at radius 3 is 2.67 bits per heavy atom. The quantitative estimate of drug-likeness (QED) is 0.896. The van der Waals surface area contributed by atoms with Gasteiger partial charge in [0.05, 0.1) is 12.2 Å². The Labute approximate surface area is 109 Å². The molecule has 4 heteroatoms. The smallest absolute Gasteiger partial charge is 0.407 e. The van der Waals surface area contributed by atoms with Crippen LogP contribution in [0, 0.1) is 0 Å². The number of carbonyl (C=O) groups excluding carboxylic acids is 1. The van der Waals surface area contributed by atoms with E-state index in [2.05, 4.69) is 24.1 Å². The van der Waals surface area contributed by atoms with Gasteiger partial charge >= 0.3 is 6.09 Å². The minimum atomic E-state index is -0.477. The van der Waals surface area contributed by atoms with Crippen molar-refractivity contribution in [3.8, 4) is 0 Å². The molecule has 0 radical (unpaired) electrons. The Balaban J connectivity index is 2.61. The molecule has 0 bridgehead atoms. The van der Waals surface area contributed by atoms with E-state index in [1.165, 1.54) is 0 Å². The van der Waals surface area contributed by atoms with E-state index in [1.807, 2.05) is 32.9 Å². The van der Waals surface area contributed by atoms with E-state index in [1.54, 1.807) is 6.20 Å². The van der Waals surface area contributed by atoms with Crippen LogP contribution < -0.4 is 5.32 Å². The van der Waals surface area contributed by atoms with Crippen LogP contribution in [0.25, 0.3) is 0 Å². The molecule has 0 fully saturated rings. The first-order valence-electron chi connectivity index (χ1n) is 6.20. The van der Waals surface area contributed by atoms with Crippen molar-refractivity contribution >= 4 is 6.09 Å². The van der Waals surface area contributed by atoms with Crippen LogP contribution in [0.1, 0.15) is 51.8 Å². The maximum absolute atomic E-state index is 11.6. The summed E-state index contributed by atoms with van der Waals surface area (Å²) in [6.07, 6.45) is 1.32. The molecule has 4 nitrogen and oxygen atoms in total. The van der Waals surface area contributed by atoms with Crippen molar-refractivity contribution < 1.29 is 9.53 Å². The molecule has 1 rings (SSSR count). The molecule has 1 aromatic heterocycles. The van der Waals surface area contributed by atoms with Crippen molar-refractivity contribution in [2.45, 2.75) is 52.7 Å². The Morgan fingerprint density at radius 2 is 2.11 bits per heavy atom. The molecule has 18 heavy (non-hydrogen) atoms. The lowest BCUT2D eigenvalue weighted by atomic mass is 10.0. The Hall–Kier alpha value is -1.58. The van der Waals surface area contributed by atoms with Crippen molar-refractivity contribution in [1.29, 1.82) is 0 Å². The average Bonchev–Trinajstić information content (AvgIpc) is 2.24. The number of aromatic nitrogens is 1. The van der Waals surface area contributed by atoms with Crippen LogP contribution in [0.3, 0.4) is 0 Å². The summed E-state index contributed by atoms with van der Waals surface area (Å²) in [5.74, 6) is 0.383. The van der Waals surface area contributed by atoms with Gasteiger partial charge in [-0.25, -0.2) is 4.79 Å². The van der Waals surface area contributed by atoms with E-state index < -0.39 is 11.7 Å². The molecule has 0 spiro atoms. The topological polar surface area (TPSA) is 51.2 Å². The summed E-state index contributed by atoms with van der Waals surface area (Å²) in [5, 5.41) is 2.73. The number of hydrogen-bond acceptors (Lipinski definition) is 3. The van der Waals surface area contributed by atoms with Crippen LogP contribution in [-0.2, 0) is 11.3 Å². The number of ether oxygens (including phenoxy) is 1. The van der Waals surface area contributed by atoms with Crippen LogP contribution in [0.15, 0.2) is 18.3 Å². The van der Waals surface area contributed by atoms with Crippen molar-refractivity contribution in [2.24, 2.45) is 0 Å². The highest BCUT2D eigenvalue weighted by atomic mass is 16.6. The summed E-state index contributed by atoms with van der Waals surface area (Å²) < 4.78 is 5.18. The number of pyridine rings is 1. The number of amides is 1. The molecule has 0 aliphatic heterocycles. The molecule has 1 heterocycles. The molecule has 1 aromatic rings. The normalized spacial score (nSPS) is 11.4. The molecular formula is C14H22N2O2. The summed E-state index contributed by atoms with van der Waals surface area (Å²) in [5.41, 5.74) is 1.56. The standard InChI is InChI=1S/C14H22N2O2/c1-10(2)11-7-6-8-15-12(11)9-16-13(17)18-14(3,4)5/h6-8,10H,9H2,1-5H3,(H,16,17). The first kappa shape index (κ1) is 14.5. The van der Waals surface area contributed by atoms with Gasteiger partial charge in [-0.1, -0.05) is 19.9 Å². The summed E-state index contributed by atoms with van der Waals surface area (Å²) in [7, 11) is 0. The monoisotopic (exact) mass is 250 g/mol. The van der Waals surface area contributed by atoms with Gasteiger partial charge in [-0.15, -0.1) is 0 Å². The first-order valence-corrected chi connectivity index (χ1v) is 6.20. The number of rotatable bonds is 3. The second-order valence-electron chi connectivity index (χ2n) is 5.55. The lowest BCUT2D eigenvalue weighted by molar-refractivity contribution is 0.0522. The lowest BCUT2D eigenvalue weighted by Crippen LogP contribution is -2.32. The summed E-state index contributed by atoms with van der Waals surface area (Å²) in [6.45, 7) is 10.1. The van der Waals surface area contributed by atoms with Gasteiger partial charge in [0.1, 0.15) is 5.60 Å². The van der Waals surface area contributed by atoms with Crippen molar-refractivity contribution in [2.75, 3.05) is 0 Å². The number of nitrogens with one attached hydrogen (secondary N) is 1. The second-order valence-corrected chi connectivity index (χ2v) is 5.55. The van der Waals surface area contributed by atoms with Crippen molar-refractivity contribution in [1.82, 2.24) is 10.3 Å². The summed E-state index contributed by atoms with van der Waals surface area (Å²) >= 11 is 0. The molecule has 0 unspecified atom stereocenters. The Bertz CT molecular complexity index is 409. The fourth-order valence-electron chi connectivity index (χ4n) is 1.59. The average molecular weight is 250 g/mol. The van der Waals surface area contributed by atoms with E-state index in [9.17, 15) is 4.79 Å². The van der Waals surface area contributed by atoms with Crippen molar-refractivity contribution in [3.63, 3.8) is 0 Å². The molecule has 0 atom stereocenters. The van der Waals surface area contributed by atoms with Crippen LogP contribution in [0.2, 0.25) is 0 Å². The van der Waals surface area contributed by atoms with Crippen LogP contribution >= 0.6 is 0 Å². The summed E-state index contributed by atoms with van der Waals surface area (Å²) in [4.78, 5) is 15.9.